The number of nitrogens with zero attached hydrogens (tertiary/aromatic N) is 1. The summed E-state index contributed by atoms with van der Waals surface area (Å²) in [5, 5.41) is 0.818. The summed E-state index contributed by atoms with van der Waals surface area (Å²) >= 11 is 6.35. The summed E-state index contributed by atoms with van der Waals surface area (Å²) < 4.78 is 0. The van der Waals surface area contributed by atoms with E-state index >= 15 is 0 Å². The maximum Gasteiger partial charge on any atom is 0.0642 e. The van der Waals surface area contributed by atoms with Gasteiger partial charge in [-0.05, 0) is 45.7 Å². The molecule has 0 aliphatic heterocycles. The molecule has 0 amide bonds. The van der Waals surface area contributed by atoms with E-state index in [1.54, 1.807) is 0 Å². The molecule has 0 saturated carbocycles. The Hall–Kier alpha value is -0.730. The van der Waals surface area contributed by atoms with Gasteiger partial charge in [-0.1, -0.05) is 23.7 Å². The average Bonchev–Trinajstić information content (AvgIpc) is 2.21. The highest BCUT2D eigenvalue weighted by molar-refractivity contribution is 6.33. The molecule has 0 fully saturated rings. The molecule has 1 unspecified atom stereocenters. The van der Waals surface area contributed by atoms with E-state index in [-0.39, 0.29) is 6.04 Å². The Kier molecular flexibility index (Phi) is 5.29. The first-order valence-corrected chi connectivity index (χ1v) is 6.64. The summed E-state index contributed by atoms with van der Waals surface area (Å²) in [4.78, 5) is 2.32. The van der Waals surface area contributed by atoms with Crippen LogP contribution < -0.4 is 10.6 Å². The van der Waals surface area contributed by atoms with Crippen molar-refractivity contribution in [2.75, 3.05) is 11.4 Å². The summed E-state index contributed by atoms with van der Waals surface area (Å²) in [6.07, 6.45) is 0.860. The van der Waals surface area contributed by atoms with Crippen LogP contribution in [0.5, 0.6) is 0 Å². The molecule has 2 nitrogen and oxygen atoms in total. The van der Waals surface area contributed by atoms with E-state index in [1.807, 2.05) is 19.1 Å². The van der Waals surface area contributed by atoms with E-state index in [4.69, 9.17) is 17.3 Å². The number of rotatable bonds is 5. The lowest BCUT2D eigenvalue weighted by Gasteiger charge is -2.31. The lowest BCUT2D eigenvalue weighted by atomic mass is 10.0. The second kappa shape index (κ2) is 6.27. The second-order valence-corrected chi connectivity index (χ2v) is 5.22. The maximum atomic E-state index is 6.35. The van der Waals surface area contributed by atoms with Gasteiger partial charge in [0.15, 0.2) is 0 Å². The van der Waals surface area contributed by atoms with Crippen LogP contribution in [-0.2, 0) is 6.42 Å². The Bertz CT molecular complexity index is 361. The van der Waals surface area contributed by atoms with Gasteiger partial charge in [0.25, 0.3) is 0 Å². The number of hydrogen-bond acceptors (Lipinski definition) is 2. The van der Waals surface area contributed by atoms with Crippen molar-refractivity contribution in [3.63, 3.8) is 0 Å². The topological polar surface area (TPSA) is 29.3 Å². The third-order valence-electron chi connectivity index (χ3n) is 2.86. The van der Waals surface area contributed by atoms with Crippen LogP contribution in [0.15, 0.2) is 18.2 Å². The highest BCUT2D eigenvalue weighted by atomic mass is 35.5. The van der Waals surface area contributed by atoms with E-state index in [1.165, 1.54) is 5.56 Å². The van der Waals surface area contributed by atoms with Crippen molar-refractivity contribution < 1.29 is 0 Å². The highest BCUT2D eigenvalue weighted by Crippen LogP contribution is 2.31. The van der Waals surface area contributed by atoms with Crippen molar-refractivity contribution in [3.05, 3.63) is 28.8 Å². The Balaban J connectivity index is 3.18. The molecule has 0 aliphatic rings. The molecule has 0 aliphatic carbocycles. The van der Waals surface area contributed by atoms with E-state index in [2.05, 4.69) is 31.7 Å². The number of halogens is 1. The predicted molar refractivity (Wildman–Crippen MR) is 77.0 cm³/mol. The molecule has 1 rings (SSSR count). The summed E-state index contributed by atoms with van der Waals surface area (Å²) in [6, 6.07) is 6.66. The van der Waals surface area contributed by atoms with Gasteiger partial charge in [0, 0.05) is 18.6 Å². The lowest BCUT2D eigenvalue weighted by Crippen LogP contribution is -2.32. The van der Waals surface area contributed by atoms with Gasteiger partial charge in [-0.3, -0.25) is 0 Å². The van der Waals surface area contributed by atoms with Crippen molar-refractivity contribution in [1.82, 2.24) is 0 Å². The third kappa shape index (κ3) is 3.62. The predicted octanol–water partition coefficient (Wildman–Crippen LogP) is 3.46. The fourth-order valence-electron chi connectivity index (χ4n) is 2.17. The van der Waals surface area contributed by atoms with E-state index in [0.29, 0.717) is 6.04 Å². The molecule has 1 aromatic carbocycles. The largest absolute Gasteiger partial charge is 0.368 e. The molecule has 0 saturated heterocycles. The van der Waals surface area contributed by atoms with Gasteiger partial charge in [-0.2, -0.15) is 0 Å². The van der Waals surface area contributed by atoms with Crippen LogP contribution >= 0.6 is 11.6 Å². The number of hydrogen-bond donors (Lipinski definition) is 1. The van der Waals surface area contributed by atoms with Crippen molar-refractivity contribution in [3.8, 4) is 0 Å². The highest BCUT2D eigenvalue weighted by Gasteiger charge is 2.16. The summed E-state index contributed by atoms with van der Waals surface area (Å²) in [5.41, 5.74) is 8.28. The van der Waals surface area contributed by atoms with Crippen LogP contribution in [0.4, 0.5) is 5.69 Å². The molecule has 2 N–H and O–H groups in total. The maximum absolute atomic E-state index is 6.35. The van der Waals surface area contributed by atoms with Gasteiger partial charge in [0.2, 0.25) is 0 Å². The molecule has 0 radical (unpaired) electrons. The third-order valence-corrected chi connectivity index (χ3v) is 3.17. The second-order valence-electron chi connectivity index (χ2n) is 4.81. The summed E-state index contributed by atoms with van der Waals surface area (Å²) in [7, 11) is 0. The Morgan fingerprint density at radius 3 is 2.41 bits per heavy atom. The van der Waals surface area contributed by atoms with Gasteiger partial charge >= 0.3 is 0 Å². The molecule has 3 heteroatoms. The molecule has 1 aromatic rings. The summed E-state index contributed by atoms with van der Waals surface area (Å²) in [6.45, 7) is 9.49. The first-order chi connectivity index (χ1) is 7.97. The zero-order valence-corrected chi connectivity index (χ0v) is 12.0. The minimum absolute atomic E-state index is 0.151. The van der Waals surface area contributed by atoms with Crippen LogP contribution in [0.25, 0.3) is 0 Å². The Labute approximate surface area is 110 Å². The van der Waals surface area contributed by atoms with Crippen LogP contribution in [0, 0.1) is 0 Å². The van der Waals surface area contributed by atoms with E-state index < -0.39 is 0 Å². The molecule has 1 atom stereocenters. The fraction of sp³-hybridized carbons (Fsp3) is 0.571. The first kappa shape index (κ1) is 14.3. The average molecular weight is 255 g/mol. The van der Waals surface area contributed by atoms with Crippen LogP contribution in [0.1, 0.15) is 33.3 Å². The number of nitrogens with two attached hydrogens (primary N) is 1. The molecular formula is C14H23ClN2. The van der Waals surface area contributed by atoms with Crippen molar-refractivity contribution in [2.24, 2.45) is 5.73 Å². The SMILES string of the molecule is CCN(c1c(Cl)cccc1CC(C)N)C(C)C. The number of benzene rings is 1. The zero-order chi connectivity index (χ0) is 13.0. The van der Waals surface area contributed by atoms with Gasteiger partial charge in [-0.15, -0.1) is 0 Å². The van der Waals surface area contributed by atoms with Crippen molar-refractivity contribution in [1.29, 1.82) is 0 Å². The van der Waals surface area contributed by atoms with Crippen molar-refractivity contribution in [2.45, 2.75) is 46.2 Å². The van der Waals surface area contributed by atoms with Gasteiger partial charge < -0.3 is 10.6 Å². The molecule has 0 spiro atoms. The number of para-hydroxylation sites is 1. The minimum atomic E-state index is 0.151. The van der Waals surface area contributed by atoms with E-state index in [9.17, 15) is 0 Å². The minimum Gasteiger partial charge on any atom is -0.368 e. The Morgan fingerprint density at radius 1 is 1.29 bits per heavy atom. The molecule has 0 aromatic heterocycles. The monoisotopic (exact) mass is 254 g/mol. The molecule has 0 bridgehead atoms. The molecule has 96 valence electrons. The zero-order valence-electron chi connectivity index (χ0n) is 11.2. The van der Waals surface area contributed by atoms with Crippen molar-refractivity contribution >= 4 is 17.3 Å². The van der Waals surface area contributed by atoms with Gasteiger partial charge in [-0.25, -0.2) is 0 Å². The normalized spacial score (nSPS) is 12.9. The quantitative estimate of drug-likeness (QED) is 0.872. The molecular weight excluding hydrogens is 232 g/mol. The standard InChI is InChI=1S/C14H23ClN2/c1-5-17(10(2)3)14-12(9-11(4)16)7-6-8-13(14)15/h6-8,10-11H,5,9,16H2,1-4H3. The first-order valence-electron chi connectivity index (χ1n) is 6.27. The molecule has 0 heterocycles. The van der Waals surface area contributed by atoms with Gasteiger partial charge in [0.1, 0.15) is 0 Å². The lowest BCUT2D eigenvalue weighted by molar-refractivity contribution is 0.687. The van der Waals surface area contributed by atoms with Gasteiger partial charge in [0.05, 0.1) is 10.7 Å². The molecule has 17 heavy (non-hydrogen) atoms. The summed E-state index contributed by atoms with van der Waals surface area (Å²) in [5.74, 6) is 0. The van der Waals surface area contributed by atoms with E-state index in [0.717, 1.165) is 23.7 Å². The smallest absolute Gasteiger partial charge is 0.0642 e. The van der Waals surface area contributed by atoms with Crippen LogP contribution in [0.3, 0.4) is 0 Å². The number of anilines is 1. The fourth-order valence-corrected chi connectivity index (χ4v) is 2.48. The van der Waals surface area contributed by atoms with Crippen LogP contribution in [-0.4, -0.2) is 18.6 Å². The van der Waals surface area contributed by atoms with Crippen LogP contribution in [0.2, 0.25) is 5.02 Å². The Morgan fingerprint density at radius 2 is 1.94 bits per heavy atom.